The number of aryl methyl sites for hydroxylation is 3. The first-order valence-corrected chi connectivity index (χ1v) is 13.7. The summed E-state index contributed by atoms with van der Waals surface area (Å²) in [4.78, 5) is 16.9. The molecule has 2 aliphatic rings. The van der Waals surface area contributed by atoms with Gasteiger partial charge in [-0.2, -0.15) is 0 Å². The molecule has 2 aliphatic heterocycles. The van der Waals surface area contributed by atoms with Crippen LogP contribution in [0.2, 0.25) is 0 Å². The van der Waals surface area contributed by atoms with E-state index in [9.17, 15) is 15.0 Å². The molecule has 0 aromatic heterocycles. The number of aromatic hydroxyl groups is 1. The second kappa shape index (κ2) is 12.1. The van der Waals surface area contributed by atoms with Crippen molar-refractivity contribution in [3.8, 4) is 5.75 Å². The molecule has 2 N–H and O–H groups in total. The molecule has 3 atom stereocenters. The zero-order chi connectivity index (χ0) is 26.5. The Kier molecular flexibility index (Phi) is 9.69. The monoisotopic (exact) mass is 504 g/mol. The van der Waals surface area contributed by atoms with E-state index in [2.05, 4.69) is 11.8 Å². The molecule has 1 amide bonds. The van der Waals surface area contributed by atoms with E-state index in [-0.39, 0.29) is 23.7 Å². The summed E-state index contributed by atoms with van der Waals surface area (Å²) in [6, 6.07) is 4.09. The van der Waals surface area contributed by atoms with Crippen LogP contribution in [0.25, 0.3) is 0 Å². The molecule has 0 bridgehead atoms. The largest absolute Gasteiger partial charge is 0.507 e. The summed E-state index contributed by atoms with van der Waals surface area (Å²) in [5, 5.41) is 20.7. The fourth-order valence-electron chi connectivity index (χ4n) is 5.62. The number of carbonyl (C=O) groups is 1. The molecule has 7 heteroatoms. The molecule has 2 saturated heterocycles. The number of likely N-dealkylation sites (tertiary alicyclic amines) is 1. The van der Waals surface area contributed by atoms with Crippen molar-refractivity contribution in [1.29, 1.82) is 0 Å². The average Bonchev–Trinajstić information content (AvgIpc) is 3.22. The molecule has 0 radical (unpaired) electrons. The van der Waals surface area contributed by atoms with E-state index in [0.717, 1.165) is 69.3 Å². The Hall–Kier alpha value is -1.83. The highest BCUT2D eigenvalue weighted by Crippen LogP contribution is 2.32. The predicted molar refractivity (Wildman–Crippen MR) is 142 cm³/mol. The second-order valence-corrected chi connectivity index (χ2v) is 12.1. The number of phenols is 1. The number of nitrogens with zero attached hydrogens (tertiary/aromatic N) is 2. The molecule has 1 unspecified atom stereocenters. The number of carbonyl (C=O) groups excluding carboxylic acids is 1. The van der Waals surface area contributed by atoms with E-state index >= 15 is 0 Å². The minimum atomic E-state index is -0.492. The van der Waals surface area contributed by atoms with Gasteiger partial charge in [-0.1, -0.05) is 19.1 Å². The van der Waals surface area contributed by atoms with Crippen molar-refractivity contribution in [1.82, 2.24) is 9.80 Å². The van der Waals surface area contributed by atoms with Crippen LogP contribution >= 0.6 is 0 Å². The standard InChI is InChI=1S/C29H48N2O5/c1-21(25(32)11-7-10-24-17-22(2)26(33)23(3)18-24)9-8-13-31-15-16-35-20-29(31)12-14-30(19-29)27(34)36-28(4,5)6/h17-18,21,25,32-33H,7-16,19-20H2,1-6H3/t21?,25-,29-/m0/s1. The number of aliphatic hydroxyl groups excluding tert-OH is 1. The Morgan fingerprint density at radius 3 is 2.53 bits per heavy atom. The van der Waals surface area contributed by atoms with E-state index < -0.39 is 5.60 Å². The van der Waals surface area contributed by atoms with Crippen molar-refractivity contribution >= 4 is 6.09 Å². The van der Waals surface area contributed by atoms with Crippen LogP contribution in [-0.4, -0.2) is 82.7 Å². The van der Waals surface area contributed by atoms with Gasteiger partial charge in [0.15, 0.2) is 0 Å². The summed E-state index contributed by atoms with van der Waals surface area (Å²) in [5.41, 5.74) is 2.43. The fraction of sp³-hybridized carbons (Fsp3) is 0.759. The zero-order valence-electron chi connectivity index (χ0n) is 23.3. The molecule has 0 aliphatic carbocycles. The van der Waals surface area contributed by atoms with Crippen LogP contribution in [0.3, 0.4) is 0 Å². The normalized spacial score (nSPS) is 22.7. The van der Waals surface area contributed by atoms with Crippen LogP contribution in [0.5, 0.6) is 5.75 Å². The van der Waals surface area contributed by atoms with Crippen LogP contribution in [0.4, 0.5) is 4.79 Å². The van der Waals surface area contributed by atoms with Crippen molar-refractivity contribution < 1.29 is 24.5 Å². The van der Waals surface area contributed by atoms with Gasteiger partial charge in [0.2, 0.25) is 0 Å². The molecule has 7 nitrogen and oxygen atoms in total. The highest BCUT2D eigenvalue weighted by atomic mass is 16.6. The Balaban J connectivity index is 1.43. The summed E-state index contributed by atoms with van der Waals surface area (Å²) in [6.07, 6.45) is 4.98. The fourth-order valence-corrected chi connectivity index (χ4v) is 5.62. The third kappa shape index (κ3) is 7.59. The van der Waals surface area contributed by atoms with Gasteiger partial charge in [-0.15, -0.1) is 0 Å². The Bertz CT molecular complexity index is 860. The van der Waals surface area contributed by atoms with Gasteiger partial charge < -0.3 is 24.6 Å². The second-order valence-electron chi connectivity index (χ2n) is 12.1. The molecule has 2 heterocycles. The summed E-state index contributed by atoms with van der Waals surface area (Å²) < 4.78 is 11.5. The molecule has 1 spiro atoms. The minimum Gasteiger partial charge on any atom is -0.507 e. The first-order chi connectivity index (χ1) is 16.9. The number of hydrogen-bond acceptors (Lipinski definition) is 6. The third-order valence-electron chi connectivity index (χ3n) is 7.79. The van der Waals surface area contributed by atoms with Crippen LogP contribution in [-0.2, 0) is 15.9 Å². The lowest BCUT2D eigenvalue weighted by atomic mass is 9.92. The number of hydrogen-bond donors (Lipinski definition) is 2. The molecule has 0 saturated carbocycles. The van der Waals surface area contributed by atoms with Crippen molar-refractivity contribution in [2.75, 3.05) is 39.4 Å². The SMILES string of the molecule is Cc1cc(CCC[C@H](O)C(C)CCCN2CCOC[C@@]23CCN(C(=O)OC(C)(C)C)C3)cc(C)c1O. The molecule has 2 fully saturated rings. The van der Waals surface area contributed by atoms with Crippen molar-refractivity contribution in [2.45, 2.75) is 97.3 Å². The molecular weight excluding hydrogens is 456 g/mol. The Labute approximate surface area is 217 Å². The van der Waals surface area contributed by atoms with E-state index in [1.807, 2.05) is 51.7 Å². The number of morpholine rings is 1. The lowest BCUT2D eigenvalue weighted by Gasteiger charge is -2.44. The number of ether oxygens (including phenoxy) is 2. The molecule has 36 heavy (non-hydrogen) atoms. The van der Waals surface area contributed by atoms with Gasteiger partial charge in [0.1, 0.15) is 11.4 Å². The van der Waals surface area contributed by atoms with Gasteiger partial charge in [0, 0.05) is 19.6 Å². The number of benzene rings is 1. The quantitative estimate of drug-likeness (QED) is 0.502. The average molecular weight is 505 g/mol. The van der Waals surface area contributed by atoms with Crippen LogP contribution in [0.1, 0.15) is 76.5 Å². The van der Waals surface area contributed by atoms with Crippen molar-refractivity contribution in [3.05, 3.63) is 28.8 Å². The van der Waals surface area contributed by atoms with Gasteiger partial charge in [0.05, 0.1) is 24.9 Å². The predicted octanol–water partition coefficient (Wildman–Crippen LogP) is 4.82. The Morgan fingerprint density at radius 1 is 1.17 bits per heavy atom. The number of amides is 1. The summed E-state index contributed by atoms with van der Waals surface area (Å²) >= 11 is 0. The van der Waals surface area contributed by atoms with Gasteiger partial charge in [-0.05, 0) is 102 Å². The van der Waals surface area contributed by atoms with E-state index in [1.165, 1.54) is 5.56 Å². The Morgan fingerprint density at radius 2 is 1.86 bits per heavy atom. The van der Waals surface area contributed by atoms with E-state index in [0.29, 0.717) is 25.4 Å². The summed E-state index contributed by atoms with van der Waals surface area (Å²) in [6.45, 7) is 16.3. The van der Waals surface area contributed by atoms with Gasteiger partial charge in [-0.25, -0.2) is 4.79 Å². The van der Waals surface area contributed by atoms with E-state index in [4.69, 9.17) is 9.47 Å². The molecular formula is C29H48N2O5. The maximum absolute atomic E-state index is 12.6. The highest BCUT2D eigenvalue weighted by Gasteiger charge is 2.47. The zero-order valence-corrected chi connectivity index (χ0v) is 23.3. The highest BCUT2D eigenvalue weighted by molar-refractivity contribution is 5.68. The maximum atomic E-state index is 12.6. The first-order valence-electron chi connectivity index (χ1n) is 13.7. The smallest absolute Gasteiger partial charge is 0.410 e. The summed E-state index contributed by atoms with van der Waals surface area (Å²) in [5.74, 6) is 0.622. The third-order valence-corrected chi connectivity index (χ3v) is 7.79. The van der Waals surface area contributed by atoms with Crippen molar-refractivity contribution in [2.24, 2.45) is 5.92 Å². The van der Waals surface area contributed by atoms with E-state index in [1.54, 1.807) is 0 Å². The number of aliphatic hydroxyl groups is 1. The van der Waals surface area contributed by atoms with Gasteiger partial charge in [-0.3, -0.25) is 4.90 Å². The minimum absolute atomic E-state index is 0.128. The molecule has 204 valence electrons. The van der Waals surface area contributed by atoms with Gasteiger partial charge in [0.25, 0.3) is 0 Å². The van der Waals surface area contributed by atoms with Crippen LogP contribution < -0.4 is 0 Å². The van der Waals surface area contributed by atoms with Crippen LogP contribution in [0, 0.1) is 19.8 Å². The lowest BCUT2D eigenvalue weighted by molar-refractivity contribution is -0.0652. The topological polar surface area (TPSA) is 82.5 Å². The summed E-state index contributed by atoms with van der Waals surface area (Å²) in [7, 11) is 0. The maximum Gasteiger partial charge on any atom is 0.410 e. The van der Waals surface area contributed by atoms with Gasteiger partial charge >= 0.3 is 6.09 Å². The van der Waals surface area contributed by atoms with Crippen molar-refractivity contribution in [3.63, 3.8) is 0 Å². The molecule has 1 aromatic carbocycles. The first kappa shape index (κ1) is 28.7. The lowest BCUT2D eigenvalue weighted by Crippen LogP contribution is -2.59. The van der Waals surface area contributed by atoms with Crippen LogP contribution in [0.15, 0.2) is 12.1 Å². The molecule has 1 aromatic rings. The number of rotatable bonds is 9. The number of phenolic OH excluding ortho intramolecular Hbond substituents is 1. The molecule has 3 rings (SSSR count).